The minimum absolute atomic E-state index is 0.185. The maximum absolute atomic E-state index is 12.9. The van der Waals surface area contributed by atoms with Crippen LogP contribution in [-0.4, -0.2) is 87.4 Å². The normalized spacial score (nSPS) is 13.2. The number of ether oxygens (including phenoxy) is 4. The Kier molecular flexibility index (Phi) is 59.8. The minimum atomic E-state index is -1.51. The summed E-state index contributed by atoms with van der Waals surface area (Å²) in [5, 5.41) is 9.74. The number of hydrogen-bond donors (Lipinski definition) is 1. The predicted molar refractivity (Wildman–Crippen MR) is 346 cm³/mol. The van der Waals surface area contributed by atoms with Crippen molar-refractivity contribution in [3.05, 3.63) is 85.1 Å². The molecule has 2 atom stereocenters. The van der Waals surface area contributed by atoms with Crippen LogP contribution >= 0.6 is 0 Å². The average Bonchev–Trinajstić information content (AvgIpc) is 3.44. The van der Waals surface area contributed by atoms with E-state index in [4.69, 9.17) is 18.9 Å². The zero-order valence-electron chi connectivity index (χ0n) is 53.4. The predicted octanol–water partition coefficient (Wildman–Crippen LogP) is 20.7. The van der Waals surface area contributed by atoms with Gasteiger partial charge in [-0.2, -0.15) is 0 Å². The molecule has 9 heteroatoms. The number of likely N-dealkylation sites (N-methyl/N-ethyl adjacent to an activating group) is 1. The Labute approximate surface area is 500 Å². The molecule has 0 aliphatic heterocycles. The Morgan fingerprint density at radius 2 is 0.704 bits per heavy atom. The molecule has 9 nitrogen and oxygen atoms in total. The fourth-order valence-electron chi connectivity index (χ4n) is 9.48. The number of nitrogens with zero attached hydrogens (tertiary/aromatic N) is 1. The van der Waals surface area contributed by atoms with Crippen molar-refractivity contribution in [2.24, 2.45) is 0 Å². The third-order valence-corrected chi connectivity index (χ3v) is 14.6. The second-order valence-corrected chi connectivity index (χ2v) is 23.7. The van der Waals surface area contributed by atoms with Crippen molar-refractivity contribution >= 4 is 17.9 Å². The zero-order valence-corrected chi connectivity index (χ0v) is 53.4. The molecule has 0 aliphatic carbocycles. The Morgan fingerprint density at radius 3 is 1.05 bits per heavy atom. The molecule has 0 saturated heterocycles. The van der Waals surface area contributed by atoms with Gasteiger partial charge in [-0.15, -0.1) is 0 Å². The fraction of sp³-hybridized carbons (Fsp3) is 0.764. The van der Waals surface area contributed by atoms with E-state index in [9.17, 15) is 19.5 Å². The van der Waals surface area contributed by atoms with Crippen molar-refractivity contribution < 1.29 is 42.9 Å². The van der Waals surface area contributed by atoms with Crippen molar-refractivity contribution in [1.29, 1.82) is 0 Å². The highest BCUT2D eigenvalue weighted by Crippen LogP contribution is 2.17. The number of hydrogen-bond acceptors (Lipinski definition) is 7. The van der Waals surface area contributed by atoms with Gasteiger partial charge in [-0.3, -0.25) is 9.59 Å². The number of carboxylic acid groups (broad SMARTS) is 1. The lowest BCUT2D eigenvalue weighted by Gasteiger charge is -2.25. The summed E-state index contributed by atoms with van der Waals surface area (Å²) in [7, 11) is 5.98. The van der Waals surface area contributed by atoms with Crippen molar-refractivity contribution in [3.63, 3.8) is 0 Å². The summed E-state index contributed by atoms with van der Waals surface area (Å²) in [6.07, 6.45) is 81.1. The van der Waals surface area contributed by atoms with Crippen LogP contribution in [0.4, 0.5) is 0 Å². The molecule has 0 amide bonds. The van der Waals surface area contributed by atoms with Crippen molar-refractivity contribution in [3.8, 4) is 0 Å². The molecule has 0 radical (unpaired) electrons. The fourth-order valence-corrected chi connectivity index (χ4v) is 9.48. The molecule has 468 valence electrons. The summed E-state index contributed by atoms with van der Waals surface area (Å²) in [6.45, 7) is 4.78. The van der Waals surface area contributed by atoms with E-state index in [2.05, 4.69) is 98.9 Å². The molecule has 0 aliphatic rings. The Balaban J connectivity index is 4.13. The maximum Gasteiger partial charge on any atom is 0.361 e. The summed E-state index contributed by atoms with van der Waals surface area (Å²) in [4.78, 5) is 37.6. The monoisotopic (exact) mass is 1130 g/mol. The summed E-state index contributed by atoms with van der Waals surface area (Å²) in [5.74, 6) is -2.00. The first-order valence-electron chi connectivity index (χ1n) is 33.8. The van der Waals surface area contributed by atoms with E-state index in [-0.39, 0.29) is 32.2 Å². The van der Waals surface area contributed by atoms with Crippen LogP contribution in [0.5, 0.6) is 0 Å². The number of unbranched alkanes of at least 4 members (excludes halogenated alkanes) is 33. The van der Waals surface area contributed by atoms with Crippen LogP contribution in [0.2, 0.25) is 0 Å². The molecular formula is C72H128NO8+. The number of allylic oxidation sites excluding steroid dienone is 14. The third kappa shape index (κ3) is 63.9. The minimum Gasteiger partial charge on any atom is -0.477 e. The number of carboxylic acids is 1. The molecule has 0 heterocycles. The van der Waals surface area contributed by atoms with E-state index in [1.165, 1.54) is 193 Å². The van der Waals surface area contributed by atoms with Crippen molar-refractivity contribution in [2.45, 2.75) is 309 Å². The standard InChI is InChI=1S/C72H127NO8/c1-6-8-10-12-14-16-18-20-22-24-26-28-30-32-33-34-35-36-37-39-41-43-45-47-49-51-53-55-57-59-61-63-70(75)81-68(67-80-72(71(76)77)78-65-64-73(3,4)5)66-79-69(74)62-60-58-56-54-52-50-48-46-44-42-40-38-31-29-27-25-23-21-19-17-15-13-11-9-7-2/h8,10,14,16,19-22,25-28,31,38,68,72H,6-7,9,11-13,15,17-18,23-24,29-30,32-37,39-67H2,1-5H3/p+1/b10-8-,16-14-,21-19-,22-20-,27-25-,28-26-,38-31-. The smallest absolute Gasteiger partial charge is 0.361 e. The second kappa shape index (κ2) is 62.5. The average molecular weight is 1140 g/mol. The molecule has 2 unspecified atom stereocenters. The van der Waals surface area contributed by atoms with Gasteiger partial charge in [0.25, 0.3) is 6.29 Å². The summed E-state index contributed by atoms with van der Waals surface area (Å²) in [5.41, 5.74) is 0. The van der Waals surface area contributed by atoms with Gasteiger partial charge >= 0.3 is 17.9 Å². The summed E-state index contributed by atoms with van der Waals surface area (Å²) < 4.78 is 23.0. The van der Waals surface area contributed by atoms with Gasteiger partial charge in [0, 0.05) is 12.8 Å². The van der Waals surface area contributed by atoms with Crippen LogP contribution in [0.3, 0.4) is 0 Å². The molecule has 0 rings (SSSR count). The highest BCUT2D eigenvalue weighted by Gasteiger charge is 2.25. The number of carbonyl (C=O) groups excluding carboxylic acids is 2. The molecule has 0 bridgehead atoms. The van der Waals surface area contributed by atoms with Crippen molar-refractivity contribution in [1.82, 2.24) is 0 Å². The highest BCUT2D eigenvalue weighted by atomic mass is 16.7. The van der Waals surface area contributed by atoms with Gasteiger partial charge in [-0.1, -0.05) is 279 Å². The SMILES string of the molecule is CC/C=C\C/C=C\C/C=C\C/C=C\CCCCCCCCCCCCCCCCCCCCC(=O)OC(COC(=O)CCCCCCCCCCCC/C=C\C/C=C\C/C=C\CCCCCCC)COC(OCC[N+](C)(C)C)C(=O)O. The molecule has 81 heavy (non-hydrogen) atoms. The lowest BCUT2D eigenvalue weighted by atomic mass is 10.0. The molecule has 0 fully saturated rings. The van der Waals surface area contributed by atoms with Crippen LogP contribution in [0.25, 0.3) is 0 Å². The van der Waals surface area contributed by atoms with Crippen molar-refractivity contribution in [2.75, 3.05) is 47.5 Å². The van der Waals surface area contributed by atoms with Gasteiger partial charge in [0.2, 0.25) is 0 Å². The number of esters is 2. The number of rotatable bonds is 62. The van der Waals surface area contributed by atoms with Crippen LogP contribution in [0, 0.1) is 0 Å². The Bertz CT molecular complexity index is 1600. The van der Waals surface area contributed by atoms with E-state index in [1.807, 2.05) is 21.1 Å². The van der Waals surface area contributed by atoms with E-state index in [1.54, 1.807) is 0 Å². The van der Waals surface area contributed by atoms with Gasteiger partial charge < -0.3 is 28.5 Å². The quantitative estimate of drug-likeness (QED) is 0.0211. The van der Waals surface area contributed by atoms with Gasteiger partial charge in [0.15, 0.2) is 6.10 Å². The molecular weight excluding hydrogens is 1010 g/mol. The lowest BCUT2D eigenvalue weighted by molar-refractivity contribution is -0.870. The second-order valence-electron chi connectivity index (χ2n) is 23.7. The molecule has 1 N–H and O–H groups in total. The first-order chi connectivity index (χ1) is 39.6. The van der Waals surface area contributed by atoms with Gasteiger partial charge in [-0.25, -0.2) is 4.79 Å². The van der Waals surface area contributed by atoms with E-state index in [0.717, 1.165) is 77.0 Å². The highest BCUT2D eigenvalue weighted by molar-refractivity contribution is 5.71. The Hall–Kier alpha value is -3.53. The Morgan fingerprint density at radius 1 is 0.383 bits per heavy atom. The van der Waals surface area contributed by atoms with E-state index >= 15 is 0 Å². The van der Waals surface area contributed by atoms with Crippen LogP contribution in [0.15, 0.2) is 85.1 Å². The molecule has 0 aromatic heterocycles. The number of carbonyl (C=O) groups is 3. The van der Waals surface area contributed by atoms with Gasteiger partial charge in [-0.05, 0) is 89.9 Å². The zero-order chi connectivity index (χ0) is 59.1. The lowest BCUT2D eigenvalue weighted by Crippen LogP contribution is -2.40. The third-order valence-electron chi connectivity index (χ3n) is 14.6. The molecule has 0 saturated carbocycles. The molecule has 0 spiro atoms. The van der Waals surface area contributed by atoms with E-state index in [0.29, 0.717) is 17.4 Å². The first kappa shape index (κ1) is 77.5. The van der Waals surface area contributed by atoms with Crippen LogP contribution < -0.4 is 0 Å². The summed E-state index contributed by atoms with van der Waals surface area (Å²) >= 11 is 0. The van der Waals surface area contributed by atoms with E-state index < -0.39 is 24.3 Å². The number of aliphatic carboxylic acids is 1. The number of quaternary nitrogens is 1. The largest absolute Gasteiger partial charge is 0.477 e. The maximum atomic E-state index is 12.9. The van der Waals surface area contributed by atoms with Crippen LogP contribution in [0.1, 0.15) is 296 Å². The summed E-state index contributed by atoms with van der Waals surface area (Å²) in [6, 6.07) is 0. The van der Waals surface area contributed by atoms with Crippen LogP contribution in [-0.2, 0) is 33.3 Å². The molecule has 0 aromatic carbocycles. The van der Waals surface area contributed by atoms with Gasteiger partial charge in [0.1, 0.15) is 13.2 Å². The van der Waals surface area contributed by atoms with Gasteiger partial charge in [0.05, 0.1) is 34.4 Å². The molecule has 0 aromatic rings. The first-order valence-corrected chi connectivity index (χ1v) is 33.8. The topological polar surface area (TPSA) is 108 Å².